The molecule has 2 rings (SSSR count). The molecule has 0 aromatic heterocycles. The number of halogens is 1. The summed E-state index contributed by atoms with van der Waals surface area (Å²) in [5.41, 5.74) is 4.06. The highest BCUT2D eigenvalue weighted by Crippen LogP contribution is 2.37. The number of hydrogen-bond acceptors (Lipinski definition) is 6. The van der Waals surface area contributed by atoms with Gasteiger partial charge in [0.1, 0.15) is 23.4 Å². The zero-order chi connectivity index (χ0) is 15.6. The minimum absolute atomic E-state index is 0.211. The number of allylic oxidation sites excluding steroid dienone is 1. The number of amidine groups is 1. The minimum atomic E-state index is -1.73. The highest BCUT2D eigenvalue weighted by molar-refractivity contribution is 5.92. The zero-order valence-electron chi connectivity index (χ0n) is 11.8. The second-order valence-electron chi connectivity index (χ2n) is 5.00. The standard InChI is InChI=1S/C14H20FN3O3/c1-3-4-6-14(8-19)12(20)11(15)13(21-14)18-7-5-10(16)17-9(18)2/h4-7,11-13,19-20H,2-3,8H2,1H3,(H2,16,17)/b6-4+/t11-,12+,13-,14-/m1/s1. The van der Waals surface area contributed by atoms with Gasteiger partial charge in [-0.05, 0) is 12.5 Å². The van der Waals surface area contributed by atoms with Gasteiger partial charge in [0.2, 0.25) is 0 Å². The van der Waals surface area contributed by atoms with Crippen molar-refractivity contribution in [2.45, 2.75) is 37.4 Å². The molecular formula is C14H20FN3O3. The van der Waals surface area contributed by atoms with E-state index in [2.05, 4.69) is 11.6 Å². The first-order chi connectivity index (χ1) is 9.95. The van der Waals surface area contributed by atoms with Crippen molar-refractivity contribution in [2.24, 2.45) is 10.7 Å². The smallest absolute Gasteiger partial charge is 0.174 e. The van der Waals surface area contributed by atoms with Crippen LogP contribution in [0.4, 0.5) is 4.39 Å². The van der Waals surface area contributed by atoms with Crippen LogP contribution in [-0.4, -0.2) is 51.7 Å². The summed E-state index contributed by atoms with van der Waals surface area (Å²) in [4.78, 5) is 5.28. The number of nitrogens with two attached hydrogens (primary N) is 1. The Bertz CT molecular complexity index is 506. The number of rotatable bonds is 4. The maximum Gasteiger partial charge on any atom is 0.174 e. The van der Waals surface area contributed by atoms with Gasteiger partial charge in [-0.3, -0.25) is 0 Å². The van der Waals surface area contributed by atoms with E-state index in [4.69, 9.17) is 10.5 Å². The predicted molar refractivity (Wildman–Crippen MR) is 76.8 cm³/mol. The molecule has 0 amide bonds. The van der Waals surface area contributed by atoms with E-state index in [0.29, 0.717) is 6.42 Å². The summed E-state index contributed by atoms with van der Waals surface area (Å²) in [5, 5.41) is 19.7. The lowest BCUT2D eigenvalue weighted by Crippen LogP contribution is -2.43. The van der Waals surface area contributed by atoms with Gasteiger partial charge in [-0.25, -0.2) is 9.38 Å². The van der Waals surface area contributed by atoms with Crippen LogP contribution in [-0.2, 0) is 4.74 Å². The molecule has 4 N–H and O–H groups in total. The third-order valence-electron chi connectivity index (χ3n) is 3.53. The number of aliphatic hydroxyl groups is 2. The number of nitrogens with zero attached hydrogens (tertiary/aromatic N) is 2. The minimum Gasteiger partial charge on any atom is -0.393 e. The summed E-state index contributed by atoms with van der Waals surface area (Å²) in [6, 6.07) is 0. The van der Waals surface area contributed by atoms with E-state index in [1.807, 2.05) is 6.92 Å². The molecule has 0 aliphatic carbocycles. The summed E-state index contributed by atoms with van der Waals surface area (Å²) in [6.07, 6.45) is 2.52. The molecule has 2 aliphatic rings. The Morgan fingerprint density at radius 1 is 1.67 bits per heavy atom. The van der Waals surface area contributed by atoms with Crippen molar-refractivity contribution in [1.29, 1.82) is 0 Å². The van der Waals surface area contributed by atoms with Gasteiger partial charge < -0.3 is 25.6 Å². The van der Waals surface area contributed by atoms with E-state index in [1.54, 1.807) is 6.08 Å². The molecule has 6 nitrogen and oxygen atoms in total. The van der Waals surface area contributed by atoms with E-state index in [9.17, 15) is 14.6 Å². The lowest BCUT2D eigenvalue weighted by Gasteiger charge is -2.31. The lowest BCUT2D eigenvalue weighted by atomic mass is 9.95. The Labute approximate surface area is 122 Å². The number of aliphatic hydroxyl groups excluding tert-OH is 2. The van der Waals surface area contributed by atoms with Crippen LogP contribution in [0, 0.1) is 0 Å². The van der Waals surface area contributed by atoms with Crippen molar-refractivity contribution in [1.82, 2.24) is 4.90 Å². The third kappa shape index (κ3) is 2.72. The summed E-state index contributed by atoms with van der Waals surface area (Å²) in [7, 11) is 0. The molecule has 1 saturated heterocycles. The van der Waals surface area contributed by atoms with Crippen molar-refractivity contribution in [3.63, 3.8) is 0 Å². The molecule has 0 aromatic carbocycles. The Hall–Kier alpha value is -1.70. The van der Waals surface area contributed by atoms with Crippen LogP contribution < -0.4 is 5.73 Å². The molecule has 0 bridgehead atoms. The quantitative estimate of drug-likeness (QED) is 0.653. The van der Waals surface area contributed by atoms with E-state index in [1.165, 1.54) is 23.3 Å². The number of alkyl halides is 1. The molecular weight excluding hydrogens is 277 g/mol. The largest absolute Gasteiger partial charge is 0.393 e. The maximum absolute atomic E-state index is 14.4. The van der Waals surface area contributed by atoms with Gasteiger partial charge in [0, 0.05) is 6.20 Å². The van der Waals surface area contributed by atoms with Crippen molar-refractivity contribution in [2.75, 3.05) is 6.61 Å². The average molecular weight is 297 g/mol. The van der Waals surface area contributed by atoms with Crippen LogP contribution in [0.15, 0.2) is 41.8 Å². The van der Waals surface area contributed by atoms with Crippen LogP contribution in [0.1, 0.15) is 13.3 Å². The predicted octanol–water partition coefficient (Wildman–Crippen LogP) is 0.397. The number of aliphatic imine (C=N–C) groups is 1. The molecule has 0 radical (unpaired) electrons. The summed E-state index contributed by atoms with van der Waals surface area (Å²) in [5.74, 6) is 0.465. The second kappa shape index (κ2) is 5.97. The van der Waals surface area contributed by atoms with E-state index >= 15 is 0 Å². The Morgan fingerprint density at radius 3 is 2.95 bits per heavy atom. The molecule has 116 valence electrons. The first kappa shape index (κ1) is 15.7. The van der Waals surface area contributed by atoms with Gasteiger partial charge >= 0.3 is 0 Å². The molecule has 0 aromatic rings. The van der Waals surface area contributed by atoms with Crippen molar-refractivity contribution < 1.29 is 19.3 Å². The third-order valence-corrected chi connectivity index (χ3v) is 3.53. The number of hydrogen-bond donors (Lipinski definition) is 3. The lowest BCUT2D eigenvalue weighted by molar-refractivity contribution is -0.106. The highest BCUT2D eigenvalue weighted by Gasteiger charge is 2.55. The fourth-order valence-electron chi connectivity index (χ4n) is 2.35. The van der Waals surface area contributed by atoms with Crippen LogP contribution in [0.2, 0.25) is 0 Å². The zero-order valence-corrected chi connectivity index (χ0v) is 11.8. The van der Waals surface area contributed by atoms with Crippen LogP contribution in [0.3, 0.4) is 0 Å². The van der Waals surface area contributed by atoms with Crippen molar-refractivity contribution in [3.05, 3.63) is 36.8 Å². The molecule has 21 heavy (non-hydrogen) atoms. The molecule has 2 heterocycles. The summed E-state index contributed by atoms with van der Waals surface area (Å²) in [6.45, 7) is 5.04. The maximum atomic E-state index is 14.4. The SMILES string of the molecule is C=C1N=C(N)C=CN1[C@@H]1O[C@](/C=C/CC)(CO)[C@@H](O)[C@H]1F. The first-order valence-electron chi connectivity index (χ1n) is 6.73. The Balaban J connectivity index is 2.26. The first-order valence-corrected chi connectivity index (χ1v) is 6.73. The fourth-order valence-corrected chi connectivity index (χ4v) is 2.35. The van der Waals surface area contributed by atoms with E-state index < -0.39 is 30.7 Å². The molecule has 0 spiro atoms. The number of ether oxygens (including phenoxy) is 1. The summed E-state index contributed by atoms with van der Waals surface area (Å²) < 4.78 is 20.0. The van der Waals surface area contributed by atoms with Gasteiger partial charge in [-0.15, -0.1) is 0 Å². The van der Waals surface area contributed by atoms with Crippen LogP contribution in [0.5, 0.6) is 0 Å². The molecule has 1 fully saturated rings. The normalized spacial score (nSPS) is 36.6. The van der Waals surface area contributed by atoms with Gasteiger partial charge in [0.25, 0.3) is 0 Å². The Kier molecular flexibility index (Phi) is 4.46. The van der Waals surface area contributed by atoms with Crippen molar-refractivity contribution >= 4 is 5.84 Å². The van der Waals surface area contributed by atoms with E-state index in [-0.39, 0.29) is 11.7 Å². The highest BCUT2D eigenvalue weighted by atomic mass is 19.1. The molecule has 0 unspecified atom stereocenters. The van der Waals surface area contributed by atoms with Crippen LogP contribution >= 0.6 is 0 Å². The molecule has 4 atom stereocenters. The average Bonchev–Trinajstić information content (AvgIpc) is 2.71. The Morgan fingerprint density at radius 2 is 2.38 bits per heavy atom. The van der Waals surface area contributed by atoms with Gasteiger partial charge in [-0.1, -0.05) is 25.7 Å². The monoisotopic (exact) mass is 297 g/mol. The molecule has 0 saturated carbocycles. The topological polar surface area (TPSA) is 91.3 Å². The van der Waals surface area contributed by atoms with Gasteiger partial charge in [0.15, 0.2) is 12.4 Å². The summed E-state index contributed by atoms with van der Waals surface area (Å²) >= 11 is 0. The second-order valence-corrected chi connectivity index (χ2v) is 5.00. The fraction of sp³-hybridized carbons (Fsp3) is 0.500. The van der Waals surface area contributed by atoms with Crippen molar-refractivity contribution in [3.8, 4) is 0 Å². The molecule has 7 heteroatoms. The van der Waals surface area contributed by atoms with E-state index in [0.717, 1.165) is 0 Å². The van der Waals surface area contributed by atoms with Gasteiger partial charge in [0.05, 0.1) is 6.61 Å². The van der Waals surface area contributed by atoms with Gasteiger partial charge in [-0.2, -0.15) is 0 Å². The van der Waals surface area contributed by atoms with Crippen LogP contribution in [0.25, 0.3) is 0 Å². The molecule has 2 aliphatic heterocycles.